The van der Waals surface area contributed by atoms with E-state index in [0.717, 1.165) is 18.9 Å². The zero-order chi connectivity index (χ0) is 11.7. The van der Waals surface area contributed by atoms with Gasteiger partial charge in [0, 0.05) is 11.6 Å². The Balaban J connectivity index is 2.19. The largest absolute Gasteiger partial charge is 0.494 e. The lowest BCUT2D eigenvalue weighted by Crippen LogP contribution is -2.35. The van der Waals surface area contributed by atoms with Crippen molar-refractivity contribution in [1.82, 2.24) is 5.32 Å². The Morgan fingerprint density at radius 2 is 2.06 bits per heavy atom. The Morgan fingerprint density at radius 1 is 1.24 bits per heavy atom. The minimum atomic E-state index is 0.461. The van der Waals surface area contributed by atoms with Crippen molar-refractivity contribution < 1.29 is 4.74 Å². The number of rotatable bonds is 3. The summed E-state index contributed by atoms with van der Waals surface area (Å²) in [6.45, 7) is 3.87. The lowest BCUT2D eigenvalue weighted by atomic mass is 9.92. The molecule has 1 aliphatic heterocycles. The maximum Gasteiger partial charge on any atom is 0.124 e. The quantitative estimate of drug-likeness (QED) is 0.869. The first-order valence-corrected chi connectivity index (χ1v) is 6.28. The van der Waals surface area contributed by atoms with Crippen LogP contribution in [0.1, 0.15) is 24.9 Å². The zero-order valence-electron chi connectivity index (χ0n) is 10.1. The lowest BCUT2D eigenvalue weighted by molar-refractivity contribution is 0.317. The zero-order valence-corrected chi connectivity index (χ0v) is 10.1. The summed E-state index contributed by atoms with van der Waals surface area (Å²) in [5.41, 5.74) is 1.33. The molecule has 0 bridgehead atoms. The van der Waals surface area contributed by atoms with Gasteiger partial charge in [0.05, 0.1) is 6.61 Å². The van der Waals surface area contributed by atoms with Gasteiger partial charge >= 0.3 is 0 Å². The fourth-order valence-corrected chi connectivity index (χ4v) is 2.45. The van der Waals surface area contributed by atoms with Crippen molar-refractivity contribution in [2.24, 2.45) is 0 Å². The summed E-state index contributed by atoms with van der Waals surface area (Å²) in [7, 11) is 0. The summed E-state index contributed by atoms with van der Waals surface area (Å²) in [6.07, 6.45) is 1.20. The number of hydrogen-bond acceptors (Lipinski definition) is 2. The molecule has 0 spiro atoms. The minimum absolute atomic E-state index is 0.461. The predicted molar refractivity (Wildman–Crippen MR) is 70.5 cm³/mol. The van der Waals surface area contributed by atoms with E-state index in [0.29, 0.717) is 6.04 Å². The molecule has 2 aromatic rings. The van der Waals surface area contributed by atoms with E-state index in [-0.39, 0.29) is 0 Å². The topological polar surface area (TPSA) is 21.3 Å². The van der Waals surface area contributed by atoms with E-state index < -0.39 is 0 Å². The Kier molecular flexibility index (Phi) is 2.73. The normalized spacial score (nSPS) is 19.0. The summed E-state index contributed by atoms with van der Waals surface area (Å²) in [5.74, 6) is 1.03. The first-order valence-electron chi connectivity index (χ1n) is 6.28. The van der Waals surface area contributed by atoms with Crippen LogP contribution in [0.15, 0.2) is 36.4 Å². The highest BCUT2D eigenvalue weighted by atomic mass is 16.5. The number of nitrogens with one attached hydrogen (secondary N) is 1. The fraction of sp³-hybridized carbons (Fsp3) is 0.333. The molecule has 3 rings (SSSR count). The maximum atomic E-state index is 5.76. The highest BCUT2D eigenvalue weighted by Crippen LogP contribution is 2.37. The van der Waals surface area contributed by atoms with Crippen molar-refractivity contribution >= 4 is 10.8 Å². The van der Waals surface area contributed by atoms with Crippen molar-refractivity contribution in [3.05, 3.63) is 42.0 Å². The average Bonchev–Trinajstić information content (AvgIpc) is 2.30. The lowest BCUT2D eigenvalue weighted by Gasteiger charge is -2.30. The molecule has 88 valence electrons. The van der Waals surface area contributed by atoms with Crippen molar-refractivity contribution in [2.75, 3.05) is 13.2 Å². The molecule has 0 radical (unpaired) electrons. The third kappa shape index (κ3) is 1.79. The van der Waals surface area contributed by atoms with Crippen LogP contribution >= 0.6 is 0 Å². The van der Waals surface area contributed by atoms with Crippen LogP contribution in [0.4, 0.5) is 0 Å². The maximum absolute atomic E-state index is 5.76. The van der Waals surface area contributed by atoms with Crippen LogP contribution in [-0.4, -0.2) is 13.2 Å². The monoisotopic (exact) mass is 227 g/mol. The molecule has 0 saturated carbocycles. The number of benzene rings is 2. The van der Waals surface area contributed by atoms with E-state index >= 15 is 0 Å². The smallest absolute Gasteiger partial charge is 0.124 e. The molecule has 1 saturated heterocycles. The van der Waals surface area contributed by atoms with Gasteiger partial charge in [0.15, 0.2) is 0 Å². The van der Waals surface area contributed by atoms with Gasteiger partial charge in [-0.3, -0.25) is 0 Å². The molecule has 2 nitrogen and oxygen atoms in total. The first kappa shape index (κ1) is 10.6. The second-order valence-corrected chi connectivity index (χ2v) is 4.43. The molecule has 1 atom stereocenters. The molecule has 0 unspecified atom stereocenters. The fourth-order valence-electron chi connectivity index (χ4n) is 2.45. The molecule has 2 heteroatoms. The van der Waals surface area contributed by atoms with Gasteiger partial charge in [0.1, 0.15) is 5.75 Å². The van der Waals surface area contributed by atoms with Crippen LogP contribution in [0.2, 0.25) is 0 Å². The van der Waals surface area contributed by atoms with Crippen LogP contribution < -0.4 is 10.1 Å². The van der Waals surface area contributed by atoms with Crippen LogP contribution in [0, 0.1) is 0 Å². The molecule has 0 aromatic heterocycles. The third-order valence-electron chi connectivity index (χ3n) is 3.40. The van der Waals surface area contributed by atoms with Crippen molar-refractivity contribution in [1.29, 1.82) is 0 Å². The summed E-state index contributed by atoms with van der Waals surface area (Å²) < 4.78 is 5.76. The Labute approximate surface area is 102 Å². The van der Waals surface area contributed by atoms with E-state index in [1.165, 1.54) is 22.8 Å². The van der Waals surface area contributed by atoms with Crippen LogP contribution in [0.3, 0.4) is 0 Å². The Bertz CT molecular complexity index is 531. The van der Waals surface area contributed by atoms with Crippen molar-refractivity contribution in [2.45, 2.75) is 19.4 Å². The number of fused-ring (bicyclic) bond motifs is 1. The van der Waals surface area contributed by atoms with Gasteiger partial charge in [-0.15, -0.1) is 0 Å². The van der Waals surface area contributed by atoms with E-state index in [9.17, 15) is 0 Å². The Hall–Kier alpha value is -1.54. The van der Waals surface area contributed by atoms with Crippen LogP contribution in [0.25, 0.3) is 10.8 Å². The van der Waals surface area contributed by atoms with Crippen molar-refractivity contribution in [3.8, 4) is 5.75 Å². The van der Waals surface area contributed by atoms with Gasteiger partial charge in [-0.1, -0.05) is 30.3 Å². The predicted octanol–water partition coefficient (Wildman–Crippen LogP) is 3.27. The van der Waals surface area contributed by atoms with E-state index in [4.69, 9.17) is 4.74 Å². The molecular formula is C15H17NO. The minimum Gasteiger partial charge on any atom is -0.494 e. The second-order valence-electron chi connectivity index (χ2n) is 4.43. The molecule has 0 amide bonds. The van der Waals surface area contributed by atoms with Crippen LogP contribution in [0.5, 0.6) is 5.75 Å². The summed E-state index contributed by atoms with van der Waals surface area (Å²) >= 11 is 0. The van der Waals surface area contributed by atoms with E-state index in [2.05, 4.69) is 41.7 Å². The first-order chi connectivity index (χ1) is 8.40. The van der Waals surface area contributed by atoms with Crippen molar-refractivity contribution in [3.63, 3.8) is 0 Å². The standard InChI is InChI=1S/C15H17NO/c1-2-17-14-8-7-11-5-3-4-6-12(11)15(14)13-9-10-16-13/h3-8,13,16H,2,9-10H2,1H3/t13-/m0/s1. The van der Waals surface area contributed by atoms with Crippen LogP contribution in [-0.2, 0) is 0 Å². The molecule has 1 fully saturated rings. The van der Waals surface area contributed by atoms with E-state index in [1.807, 2.05) is 6.92 Å². The second kappa shape index (κ2) is 4.38. The highest BCUT2D eigenvalue weighted by Gasteiger charge is 2.24. The summed E-state index contributed by atoms with van der Waals surface area (Å²) in [4.78, 5) is 0. The Morgan fingerprint density at radius 3 is 2.76 bits per heavy atom. The summed E-state index contributed by atoms with van der Waals surface area (Å²) in [5, 5.41) is 6.08. The van der Waals surface area contributed by atoms with Gasteiger partial charge in [-0.25, -0.2) is 0 Å². The van der Waals surface area contributed by atoms with Gasteiger partial charge in [0.2, 0.25) is 0 Å². The molecular weight excluding hydrogens is 210 g/mol. The molecule has 1 aliphatic rings. The van der Waals surface area contributed by atoms with Gasteiger partial charge in [-0.05, 0) is 36.7 Å². The molecule has 2 aromatic carbocycles. The number of hydrogen-bond donors (Lipinski definition) is 1. The van der Waals surface area contributed by atoms with Gasteiger partial charge in [0.25, 0.3) is 0 Å². The molecule has 1 N–H and O–H groups in total. The molecule has 17 heavy (non-hydrogen) atoms. The van der Waals surface area contributed by atoms with Gasteiger partial charge in [-0.2, -0.15) is 0 Å². The molecule has 0 aliphatic carbocycles. The average molecular weight is 227 g/mol. The number of ether oxygens (including phenoxy) is 1. The van der Waals surface area contributed by atoms with Gasteiger partial charge < -0.3 is 10.1 Å². The summed E-state index contributed by atoms with van der Waals surface area (Å²) in [6, 6.07) is 13.2. The highest BCUT2D eigenvalue weighted by molar-refractivity contribution is 5.88. The SMILES string of the molecule is CCOc1ccc2ccccc2c1[C@@H]1CCN1. The van der Waals surface area contributed by atoms with E-state index in [1.54, 1.807) is 0 Å². The third-order valence-corrected chi connectivity index (χ3v) is 3.40. The molecule has 1 heterocycles.